The van der Waals surface area contributed by atoms with Crippen molar-refractivity contribution in [1.82, 2.24) is 34.5 Å². The third kappa shape index (κ3) is 6.32. The van der Waals surface area contributed by atoms with E-state index in [9.17, 15) is 19.6 Å². The van der Waals surface area contributed by atoms with Crippen LogP contribution in [0.3, 0.4) is 0 Å². The number of anilines is 1. The van der Waals surface area contributed by atoms with E-state index in [1.807, 2.05) is 0 Å². The van der Waals surface area contributed by atoms with Crippen molar-refractivity contribution in [3.05, 3.63) is 65.1 Å². The summed E-state index contributed by atoms with van der Waals surface area (Å²) in [6.07, 6.45) is 2.86. The van der Waals surface area contributed by atoms with E-state index >= 15 is 8.78 Å². The lowest BCUT2D eigenvalue weighted by atomic mass is 9.94. The van der Waals surface area contributed by atoms with Gasteiger partial charge in [0, 0.05) is 38.8 Å². The highest BCUT2D eigenvalue weighted by atomic mass is 19.1. The van der Waals surface area contributed by atoms with E-state index in [1.54, 1.807) is 31.8 Å². The summed E-state index contributed by atoms with van der Waals surface area (Å²) in [6.45, 7) is 3.29. The number of hydrogen-bond donors (Lipinski definition) is 2. The van der Waals surface area contributed by atoms with E-state index in [-0.39, 0.29) is 77.5 Å². The second kappa shape index (κ2) is 13.9. The highest BCUT2D eigenvalue weighted by Crippen LogP contribution is 2.41. The number of aromatic nitrogens is 5. The summed E-state index contributed by atoms with van der Waals surface area (Å²) in [4.78, 5) is 29.8. The smallest absolute Gasteiger partial charge is 0.319 e. The van der Waals surface area contributed by atoms with Crippen molar-refractivity contribution in [2.24, 2.45) is 0 Å². The Labute approximate surface area is 297 Å². The van der Waals surface area contributed by atoms with Gasteiger partial charge in [-0.3, -0.25) is 19.4 Å². The van der Waals surface area contributed by atoms with Gasteiger partial charge in [-0.2, -0.15) is 20.3 Å². The molecule has 1 amide bonds. The first kappa shape index (κ1) is 34.9. The Morgan fingerprint density at radius 1 is 1.23 bits per heavy atom. The van der Waals surface area contributed by atoms with Crippen molar-refractivity contribution in [3.63, 3.8) is 0 Å². The first-order valence-corrected chi connectivity index (χ1v) is 17.2. The number of nitrogens with one attached hydrogen (secondary N) is 1. The molecule has 12 nitrogen and oxygen atoms in total. The van der Waals surface area contributed by atoms with E-state index in [4.69, 9.17) is 4.74 Å². The molecule has 5 heterocycles. The first-order valence-electron chi connectivity index (χ1n) is 17.2. The number of nitrogens with zero attached hydrogens (tertiary/aromatic N) is 8. The van der Waals surface area contributed by atoms with Crippen LogP contribution >= 0.6 is 0 Å². The number of carbonyl (C=O) groups is 1. The molecule has 0 aliphatic carbocycles. The van der Waals surface area contributed by atoms with Crippen LogP contribution in [-0.4, -0.2) is 91.0 Å². The Morgan fingerprint density at radius 3 is 2.83 bits per heavy atom. The maximum Gasteiger partial charge on any atom is 0.319 e. The molecule has 0 bridgehead atoms. The quantitative estimate of drug-likeness (QED) is 0.173. The number of aryl methyl sites for hydroxylation is 2. The van der Waals surface area contributed by atoms with Gasteiger partial charge in [-0.25, -0.2) is 13.2 Å². The highest BCUT2D eigenvalue weighted by molar-refractivity contribution is 6.01. The molecule has 5 aromatic rings. The molecular weight excluding hydrogens is 675 g/mol. The van der Waals surface area contributed by atoms with E-state index in [0.717, 1.165) is 19.4 Å². The summed E-state index contributed by atoms with van der Waals surface area (Å²) in [7, 11) is 3.23. The minimum Gasteiger partial charge on any atom is -0.508 e. The van der Waals surface area contributed by atoms with Crippen LogP contribution in [0.25, 0.3) is 32.9 Å². The Balaban J connectivity index is 1.33. The molecule has 7 rings (SSSR count). The predicted octanol–water partition coefficient (Wildman–Crippen LogP) is 5.77. The Bertz CT molecular complexity index is 2240. The third-order valence-electron chi connectivity index (χ3n) is 10.0. The molecule has 2 fully saturated rings. The van der Waals surface area contributed by atoms with Gasteiger partial charge in [0.25, 0.3) is 5.91 Å². The number of hydrogen-bond acceptors (Lipinski definition) is 10. The van der Waals surface area contributed by atoms with Crippen LogP contribution in [0.5, 0.6) is 11.8 Å². The maximum atomic E-state index is 16.9. The van der Waals surface area contributed by atoms with Crippen molar-refractivity contribution in [2.45, 2.75) is 63.8 Å². The standard InChI is InChI=1S/C37H38F3N9O3/c1-4-25-28(39)8-7-21-13-24(50)15-26(30(21)25)32-31(40)33-27(18-42-32)34(43-17-23-14-29(35(51)47(2)3)46-49(23)12-6-10-41)45-36(44-33)52-20-37-9-5-11-48(37)19-22(38)16-37/h7-8,13-15,18,22,50H,4-6,9,11-12,16-17,19-20H2,1-3H3,(H,43,44,45)/t22-,37+/m1/s1. The molecule has 2 aliphatic rings. The second-order valence-electron chi connectivity index (χ2n) is 13.6. The number of alkyl halides is 1. The van der Waals surface area contributed by atoms with Gasteiger partial charge in [-0.1, -0.05) is 13.0 Å². The summed E-state index contributed by atoms with van der Waals surface area (Å²) in [5, 5.41) is 28.6. The second-order valence-corrected chi connectivity index (χ2v) is 13.6. The fourth-order valence-electron chi connectivity index (χ4n) is 7.56. The molecule has 2 aliphatic heterocycles. The van der Waals surface area contributed by atoms with Crippen LogP contribution in [0.1, 0.15) is 54.4 Å². The molecule has 0 radical (unpaired) electrons. The van der Waals surface area contributed by atoms with Crippen molar-refractivity contribution in [2.75, 3.05) is 39.1 Å². The molecule has 52 heavy (non-hydrogen) atoms. The number of rotatable bonds is 11. The Kier molecular flexibility index (Phi) is 9.35. The van der Waals surface area contributed by atoms with Crippen LogP contribution in [0, 0.1) is 23.0 Å². The Hall–Kier alpha value is -5.49. The van der Waals surface area contributed by atoms with Crippen molar-refractivity contribution in [1.29, 1.82) is 5.26 Å². The fraction of sp³-hybridized carbons (Fsp3) is 0.405. The highest BCUT2D eigenvalue weighted by Gasteiger charge is 2.49. The zero-order valence-electron chi connectivity index (χ0n) is 29.1. The minimum absolute atomic E-state index is 0.0750. The van der Waals surface area contributed by atoms with Gasteiger partial charge < -0.3 is 20.1 Å². The van der Waals surface area contributed by atoms with Crippen LogP contribution in [-0.2, 0) is 19.5 Å². The van der Waals surface area contributed by atoms with Crippen LogP contribution in [0.15, 0.2) is 36.5 Å². The zero-order chi connectivity index (χ0) is 36.7. The number of halogens is 3. The van der Waals surface area contributed by atoms with Gasteiger partial charge in [-0.15, -0.1) is 0 Å². The third-order valence-corrected chi connectivity index (χ3v) is 10.0. The zero-order valence-corrected chi connectivity index (χ0v) is 29.1. The van der Waals surface area contributed by atoms with Crippen LogP contribution < -0.4 is 10.1 Å². The van der Waals surface area contributed by atoms with Crippen molar-refractivity contribution < 1.29 is 27.8 Å². The van der Waals surface area contributed by atoms with Gasteiger partial charge in [0.2, 0.25) is 0 Å². The summed E-state index contributed by atoms with van der Waals surface area (Å²) >= 11 is 0. The minimum atomic E-state index is -0.977. The SMILES string of the molecule is CCc1c(F)ccc2cc(O)cc(-c3ncc4c(NCc5cc(C(=O)N(C)C)nn5CCC#N)nc(OC[C@@]56CCCN5C[C@H](F)C6)nc4c3F)c12. The number of aromatic hydroxyl groups is 1. The van der Waals surface area contributed by atoms with Crippen LogP contribution in [0.2, 0.25) is 0 Å². The number of phenols is 1. The van der Waals surface area contributed by atoms with Gasteiger partial charge in [0.05, 0.1) is 42.2 Å². The van der Waals surface area contributed by atoms with Crippen molar-refractivity contribution in [3.8, 4) is 29.1 Å². The van der Waals surface area contributed by atoms with E-state index in [1.165, 1.54) is 35.4 Å². The number of amides is 1. The normalized spacial score (nSPS) is 18.5. The summed E-state index contributed by atoms with van der Waals surface area (Å²) in [5.74, 6) is -1.58. The monoisotopic (exact) mass is 713 g/mol. The summed E-state index contributed by atoms with van der Waals surface area (Å²) in [5.41, 5.74) is 0.505. The topological polar surface area (TPSA) is 145 Å². The molecule has 2 saturated heterocycles. The van der Waals surface area contributed by atoms with Gasteiger partial charge in [-0.05, 0) is 66.4 Å². The number of benzene rings is 2. The average molecular weight is 714 g/mol. The molecule has 2 atom stereocenters. The van der Waals surface area contributed by atoms with Gasteiger partial charge >= 0.3 is 6.01 Å². The van der Waals surface area contributed by atoms with Gasteiger partial charge in [0.15, 0.2) is 11.5 Å². The molecule has 0 saturated carbocycles. The fourth-order valence-corrected chi connectivity index (χ4v) is 7.56. The first-order chi connectivity index (χ1) is 25.0. The van der Waals surface area contributed by atoms with Crippen LogP contribution in [0.4, 0.5) is 19.0 Å². The molecule has 15 heteroatoms. The average Bonchev–Trinajstić information content (AvgIpc) is 3.80. The number of ether oxygens (including phenoxy) is 1. The summed E-state index contributed by atoms with van der Waals surface area (Å²) < 4.78 is 54.2. The molecular formula is C37H38F3N9O3. The molecule has 270 valence electrons. The number of phenolic OH excluding ortho intramolecular Hbond substituents is 1. The summed E-state index contributed by atoms with van der Waals surface area (Å²) in [6, 6.07) is 9.24. The van der Waals surface area contributed by atoms with E-state index in [2.05, 4.69) is 36.3 Å². The number of carbonyl (C=O) groups excluding carboxylic acids is 1. The molecule has 0 unspecified atom stereocenters. The predicted molar refractivity (Wildman–Crippen MR) is 188 cm³/mol. The molecule has 2 aromatic carbocycles. The Morgan fingerprint density at radius 2 is 2.06 bits per heavy atom. The van der Waals surface area contributed by atoms with E-state index in [0.29, 0.717) is 41.4 Å². The van der Waals surface area contributed by atoms with Crippen molar-refractivity contribution >= 4 is 33.4 Å². The number of pyridine rings is 1. The molecule has 0 spiro atoms. The molecule has 3 aromatic heterocycles. The maximum absolute atomic E-state index is 16.9. The lowest BCUT2D eigenvalue weighted by Crippen LogP contribution is -2.43. The molecule has 2 N–H and O–H groups in total. The number of fused-ring (bicyclic) bond motifs is 3. The van der Waals surface area contributed by atoms with E-state index < -0.39 is 23.3 Å². The largest absolute Gasteiger partial charge is 0.508 e. The lowest BCUT2D eigenvalue weighted by molar-refractivity contribution is 0.0821. The lowest BCUT2D eigenvalue weighted by Gasteiger charge is -2.30. The van der Waals surface area contributed by atoms with Gasteiger partial charge in [0.1, 0.15) is 41.4 Å². The number of nitriles is 1.